The van der Waals surface area contributed by atoms with E-state index in [1.807, 2.05) is 53.4 Å². The third kappa shape index (κ3) is 3.80. The highest BCUT2D eigenvalue weighted by Gasteiger charge is 2.09. The van der Waals surface area contributed by atoms with Gasteiger partial charge in [-0.05, 0) is 43.3 Å². The molecule has 128 valence electrons. The summed E-state index contributed by atoms with van der Waals surface area (Å²) in [6.45, 7) is 6.18. The zero-order chi connectivity index (χ0) is 17.6. The van der Waals surface area contributed by atoms with Crippen molar-refractivity contribution in [3.63, 3.8) is 0 Å². The standard InChI is InChI=1S/C19H19N3O2S/c1-4-11-20-19-22(21-14(2)18-6-5-12-24-18)17(13-25-19)15-7-9-16(23-3)10-8-15/h4-10,12-13H,1,11H2,2-3H3. The lowest BCUT2D eigenvalue weighted by Gasteiger charge is -2.06. The molecule has 2 heterocycles. The second kappa shape index (κ2) is 7.81. The van der Waals surface area contributed by atoms with E-state index in [4.69, 9.17) is 14.3 Å². The van der Waals surface area contributed by atoms with Gasteiger partial charge in [-0.15, -0.1) is 17.9 Å². The van der Waals surface area contributed by atoms with Crippen LogP contribution in [0, 0.1) is 0 Å². The Morgan fingerprint density at radius 1 is 1.32 bits per heavy atom. The van der Waals surface area contributed by atoms with Crippen LogP contribution in [0.25, 0.3) is 11.3 Å². The molecule has 0 radical (unpaired) electrons. The highest BCUT2D eigenvalue weighted by Crippen LogP contribution is 2.23. The van der Waals surface area contributed by atoms with E-state index in [1.165, 1.54) is 11.3 Å². The van der Waals surface area contributed by atoms with E-state index in [1.54, 1.807) is 19.4 Å². The number of thiazole rings is 1. The van der Waals surface area contributed by atoms with Crippen LogP contribution in [0.15, 0.2) is 75.2 Å². The molecule has 0 unspecified atom stereocenters. The summed E-state index contributed by atoms with van der Waals surface area (Å²) in [6.07, 6.45) is 3.40. The topological polar surface area (TPSA) is 52.0 Å². The predicted molar refractivity (Wildman–Crippen MR) is 101 cm³/mol. The van der Waals surface area contributed by atoms with Gasteiger partial charge >= 0.3 is 0 Å². The van der Waals surface area contributed by atoms with Crippen molar-refractivity contribution in [1.82, 2.24) is 4.68 Å². The monoisotopic (exact) mass is 353 g/mol. The fraction of sp³-hybridized carbons (Fsp3) is 0.158. The van der Waals surface area contributed by atoms with E-state index < -0.39 is 0 Å². The van der Waals surface area contributed by atoms with Crippen molar-refractivity contribution in [2.75, 3.05) is 13.7 Å². The first-order chi connectivity index (χ1) is 12.2. The maximum Gasteiger partial charge on any atom is 0.206 e. The Labute approximate surface area is 150 Å². The van der Waals surface area contributed by atoms with E-state index in [9.17, 15) is 0 Å². The minimum atomic E-state index is 0.540. The number of aromatic nitrogens is 1. The molecular weight excluding hydrogens is 334 g/mol. The molecule has 5 nitrogen and oxygen atoms in total. The first-order valence-electron chi connectivity index (χ1n) is 7.78. The first-order valence-corrected chi connectivity index (χ1v) is 8.66. The number of benzene rings is 1. The van der Waals surface area contributed by atoms with Crippen LogP contribution in [-0.4, -0.2) is 24.0 Å². The Morgan fingerprint density at radius 2 is 2.12 bits per heavy atom. The number of hydrogen-bond acceptors (Lipinski definition) is 5. The van der Waals surface area contributed by atoms with E-state index >= 15 is 0 Å². The zero-order valence-corrected chi connectivity index (χ0v) is 15.0. The lowest BCUT2D eigenvalue weighted by atomic mass is 10.2. The van der Waals surface area contributed by atoms with Crippen molar-refractivity contribution in [3.05, 3.63) is 71.3 Å². The Balaban J connectivity index is 2.11. The molecule has 25 heavy (non-hydrogen) atoms. The van der Waals surface area contributed by atoms with Crippen LogP contribution in [-0.2, 0) is 0 Å². The average molecular weight is 353 g/mol. The zero-order valence-electron chi connectivity index (χ0n) is 14.2. The van der Waals surface area contributed by atoms with Crippen LogP contribution in [0.2, 0.25) is 0 Å². The molecule has 0 saturated carbocycles. The summed E-state index contributed by atoms with van der Waals surface area (Å²) in [5.74, 6) is 1.55. The minimum Gasteiger partial charge on any atom is -0.497 e. The number of methoxy groups -OCH3 is 1. The lowest BCUT2D eigenvalue weighted by Crippen LogP contribution is -2.14. The van der Waals surface area contributed by atoms with Crippen molar-refractivity contribution in [2.24, 2.45) is 10.1 Å². The summed E-state index contributed by atoms with van der Waals surface area (Å²) in [4.78, 5) is 5.34. The third-order valence-corrected chi connectivity index (χ3v) is 4.41. The number of ether oxygens (including phenoxy) is 1. The molecule has 1 aromatic carbocycles. The van der Waals surface area contributed by atoms with E-state index in [0.29, 0.717) is 6.54 Å². The summed E-state index contributed by atoms with van der Waals surface area (Å²) in [5, 5.41) is 6.77. The van der Waals surface area contributed by atoms with E-state index in [0.717, 1.165) is 33.3 Å². The second-order valence-corrected chi connectivity index (χ2v) is 6.07. The largest absolute Gasteiger partial charge is 0.497 e. The molecule has 0 aliphatic carbocycles. The van der Waals surface area contributed by atoms with Crippen LogP contribution in [0.3, 0.4) is 0 Å². The van der Waals surface area contributed by atoms with Gasteiger partial charge in [-0.25, -0.2) is 4.68 Å². The summed E-state index contributed by atoms with van der Waals surface area (Å²) in [6, 6.07) is 11.6. The number of rotatable bonds is 6. The van der Waals surface area contributed by atoms with Gasteiger partial charge < -0.3 is 9.15 Å². The van der Waals surface area contributed by atoms with Crippen molar-refractivity contribution >= 4 is 17.0 Å². The van der Waals surface area contributed by atoms with E-state index in [2.05, 4.69) is 11.6 Å². The maximum atomic E-state index is 5.44. The van der Waals surface area contributed by atoms with Gasteiger partial charge in [-0.2, -0.15) is 5.10 Å². The Morgan fingerprint density at radius 3 is 2.76 bits per heavy atom. The molecule has 3 rings (SSSR count). The molecule has 0 spiro atoms. The fourth-order valence-electron chi connectivity index (χ4n) is 2.29. The maximum absolute atomic E-state index is 5.44. The van der Waals surface area contributed by atoms with Crippen LogP contribution in [0.5, 0.6) is 5.75 Å². The van der Waals surface area contributed by atoms with Crippen LogP contribution >= 0.6 is 11.3 Å². The average Bonchev–Trinajstić information content (AvgIpc) is 3.30. The first kappa shape index (κ1) is 17.0. The highest BCUT2D eigenvalue weighted by atomic mass is 32.1. The molecule has 6 heteroatoms. The lowest BCUT2D eigenvalue weighted by molar-refractivity contribution is 0.415. The van der Waals surface area contributed by atoms with E-state index in [-0.39, 0.29) is 0 Å². The highest BCUT2D eigenvalue weighted by molar-refractivity contribution is 7.07. The molecule has 0 aliphatic heterocycles. The minimum absolute atomic E-state index is 0.540. The van der Waals surface area contributed by atoms with Crippen molar-refractivity contribution < 1.29 is 9.15 Å². The van der Waals surface area contributed by atoms with Gasteiger partial charge in [0.05, 0.1) is 25.6 Å². The van der Waals surface area contributed by atoms with Crippen LogP contribution in [0.4, 0.5) is 0 Å². The van der Waals surface area contributed by atoms with Gasteiger partial charge in [0.2, 0.25) is 4.80 Å². The summed E-state index contributed by atoms with van der Waals surface area (Å²) in [7, 11) is 1.66. The van der Waals surface area contributed by atoms with Gasteiger partial charge in [0, 0.05) is 10.9 Å². The van der Waals surface area contributed by atoms with Gasteiger partial charge in [-0.1, -0.05) is 6.08 Å². The van der Waals surface area contributed by atoms with Gasteiger partial charge in [0.25, 0.3) is 0 Å². The molecule has 0 amide bonds. The molecule has 0 bridgehead atoms. The molecule has 3 aromatic rings. The summed E-state index contributed by atoms with van der Waals surface area (Å²) >= 11 is 1.54. The van der Waals surface area contributed by atoms with Gasteiger partial charge in [0.1, 0.15) is 17.2 Å². The summed E-state index contributed by atoms with van der Waals surface area (Å²) < 4.78 is 12.5. The summed E-state index contributed by atoms with van der Waals surface area (Å²) in [5.41, 5.74) is 2.77. The van der Waals surface area contributed by atoms with Crippen LogP contribution in [0.1, 0.15) is 12.7 Å². The third-order valence-electron chi connectivity index (χ3n) is 3.55. The fourth-order valence-corrected chi connectivity index (χ4v) is 3.13. The smallest absolute Gasteiger partial charge is 0.206 e. The van der Waals surface area contributed by atoms with Crippen molar-refractivity contribution in [3.8, 4) is 17.0 Å². The van der Waals surface area contributed by atoms with Crippen molar-refractivity contribution in [1.29, 1.82) is 0 Å². The number of hydrogen-bond donors (Lipinski definition) is 0. The normalized spacial score (nSPS) is 12.4. The Hall–Kier alpha value is -2.86. The molecule has 0 saturated heterocycles. The Bertz CT molecular complexity index is 932. The second-order valence-electron chi connectivity index (χ2n) is 5.24. The molecular formula is C19H19N3O2S. The van der Waals surface area contributed by atoms with Gasteiger partial charge in [-0.3, -0.25) is 4.99 Å². The van der Waals surface area contributed by atoms with Crippen molar-refractivity contribution in [2.45, 2.75) is 6.92 Å². The van der Waals surface area contributed by atoms with Crippen LogP contribution < -0.4 is 9.54 Å². The number of furan rings is 1. The quantitative estimate of drug-likeness (QED) is 0.493. The molecule has 0 atom stereocenters. The molecule has 0 fully saturated rings. The SMILES string of the molecule is C=CCN=c1scc(-c2ccc(OC)cc2)n1N=C(C)c1ccco1. The molecule has 0 N–H and O–H groups in total. The predicted octanol–water partition coefficient (Wildman–Crippen LogP) is 4.18. The number of nitrogens with zero attached hydrogens (tertiary/aromatic N) is 3. The molecule has 0 aliphatic rings. The molecule has 2 aromatic heterocycles. The Kier molecular flexibility index (Phi) is 5.30. The van der Waals surface area contributed by atoms with Gasteiger partial charge in [0.15, 0.2) is 0 Å².